The molecule has 0 heterocycles. The van der Waals surface area contributed by atoms with Gasteiger partial charge in [0.15, 0.2) is 0 Å². The van der Waals surface area contributed by atoms with E-state index in [2.05, 4.69) is 32.6 Å². The maximum atomic E-state index is 3.93. The molecule has 0 saturated heterocycles. The molecule has 0 aliphatic heterocycles. The number of hydrogen-bond acceptors (Lipinski definition) is 0. The zero-order chi connectivity index (χ0) is 12.1. The highest BCUT2D eigenvalue weighted by molar-refractivity contribution is 4.87. The molecule has 0 aromatic rings. The lowest BCUT2D eigenvalue weighted by Gasteiger charge is -2.00. The molecule has 0 aliphatic rings. The highest BCUT2D eigenvalue weighted by atomic mass is 14.0. The number of allylic oxidation sites excluding steroid dienone is 3. The van der Waals surface area contributed by atoms with Gasteiger partial charge in [-0.2, -0.15) is 0 Å². The zero-order valence-corrected chi connectivity index (χ0v) is 11.4. The normalized spacial score (nSPS) is 11.1. The van der Waals surface area contributed by atoms with E-state index >= 15 is 0 Å². The maximum absolute atomic E-state index is 3.93. The van der Waals surface area contributed by atoms with Crippen LogP contribution in [-0.4, -0.2) is 0 Å². The third-order valence-corrected chi connectivity index (χ3v) is 2.87. The second-order valence-corrected chi connectivity index (χ2v) is 4.88. The standard InChI is InChI=1S/C16H30/c1-4-5-6-7-8-9-10-11-12-13-14-15-16(2)3/h7-8H,2,4-6,9-15H2,1,3H3/b8-7-. The minimum atomic E-state index is 1.22. The summed E-state index contributed by atoms with van der Waals surface area (Å²) in [7, 11) is 0. The quantitative estimate of drug-likeness (QED) is 0.295. The fraction of sp³-hybridized carbons (Fsp3) is 0.750. The van der Waals surface area contributed by atoms with Crippen LogP contribution < -0.4 is 0 Å². The Kier molecular flexibility index (Phi) is 12.1. The van der Waals surface area contributed by atoms with E-state index in [0.29, 0.717) is 0 Å². The Morgan fingerprint density at radius 2 is 1.44 bits per heavy atom. The molecule has 0 N–H and O–H groups in total. The van der Waals surface area contributed by atoms with Gasteiger partial charge in [-0.1, -0.05) is 56.8 Å². The van der Waals surface area contributed by atoms with Gasteiger partial charge in [0.1, 0.15) is 0 Å². The Hall–Kier alpha value is -0.520. The minimum absolute atomic E-state index is 1.22. The lowest BCUT2D eigenvalue weighted by atomic mass is 10.1. The highest BCUT2D eigenvalue weighted by Crippen LogP contribution is 2.10. The molecule has 94 valence electrons. The lowest BCUT2D eigenvalue weighted by molar-refractivity contribution is 0.616. The first-order valence-electron chi connectivity index (χ1n) is 7.06. The second kappa shape index (κ2) is 12.5. The third-order valence-electron chi connectivity index (χ3n) is 2.87. The molecule has 0 radical (unpaired) electrons. The van der Waals surface area contributed by atoms with Crippen molar-refractivity contribution in [3.05, 3.63) is 24.3 Å². The van der Waals surface area contributed by atoms with Crippen LogP contribution in [0.5, 0.6) is 0 Å². The van der Waals surface area contributed by atoms with Crippen LogP contribution in [0.3, 0.4) is 0 Å². The summed E-state index contributed by atoms with van der Waals surface area (Å²) in [5.74, 6) is 0. The van der Waals surface area contributed by atoms with Gasteiger partial charge in [0.25, 0.3) is 0 Å². The molecule has 0 unspecified atom stereocenters. The van der Waals surface area contributed by atoms with Gasteiger partial charge in [-0.3, -0.25) is 0 Å². The summed E-state index contributed by atoms with van der Waals surface area (Å²) in [5, 5.41) is 0. The summed E-state index contributed by atoms with van der Waals surface area (Å²) < 4.78 is 0. The molecule has 0 aromatic heterocycles. The van der Waals surface area contributed by atoms with Crippen molar-refractivity contribution < 1.29 is 0 Å². The summed E-state index contributed by atoms with van der Waals surface area (Å²) in [5.41, 5.74) is 1.33. The van der Waals surface area contributed by atoms with Crippen LogP contribution in [0, 0.1) is 0 Å². The first-order chi connectivity index (χ1) is 7.77. The molecular weight excluding hydrogens is 192 g/mol. The summed E-state index contributed by atoms with van der Waals surface area (Å²) in [4.78, 5) is 0. The smallest absolute Gasteiger partial charge is 0.0326 e. The Morgan fingerprint density at radius 1 is 0.875 bits per heavy atom. The molecule has 16 heavy (non-hydrogen) atoms. The maximum Gasteiger partial charge on any atom is -0.0326 e. The van der Waals surface area contributed by atoms with Crippen molar-refractivity contribution in [3.8, 4) is 0 Å². The molecule has 0 amide bonds. The molecule has 0 aromatic carbocycles. The molecule has 0 saturated carbocycles. The first kappa shape index (κ1) is 15.5. The number of unbranched alkanes of at least 4 members (excludes halogenated alkanes) is 7. The third kappa shape index (κ3) is 13.5. The Bertz CT molecular complexity index is 176. The summed E-state index contributed by atoms with van der Waals surface area (Å²) >= 11 is 0. The van der Waals surface area contributed by atoms with Crippen LogP contribution in [0.1, 0.15) is 78.1 Å². The van der Waals surface area contributed by atoms with Gasteiger partial charge in [-0.05, 0) is 39.0 Å². The number of hydrogen-bond donors (Lipinski definition) is 0. The fourth-order valence-electron chi connectivity index (χ4n) is 1.78. The SMILES string of the molecule is C=C(C)CCCCCCC/C=C\CCCC. The van der Waals surface area contributed by atoms with Gasteiger partial charge in [0.05, 0.1) is 0 Å². The van der Waals surface area contributed by atoms with Crippen molar-refractivity contribution in [1.82, 2.24) is 0 Å². The van der Waals surface area contributed by atoms with E-state index in [0.717, 1.165) is 0 Å². The molecule has 0 fully saturated rings. The summed E-state index contributed by atoms with van der Waals surface area (Å²) in [6.07, 6.45) is 18.0. The molecule has 0 bridgehead atoms. The monoisotopic (exact) mass is 222 g/mol. The Morgan fingerprint density at radius 3 is 2.06 bits per heavy atom. The van der Waals surface area contributed by atoms with Crippen molar-refractivity contribution >= 4 is 0 Å². The van der Waals surface area contributed by atoms with E-state index in [9.17, 15) is 0 Å². The lowest BCUT2D eigenvalue weighted by Crippen LogP contribution is -1.80. The van der Waals surface area contributed by atoms with E-state index < -0.39 is 0 Å². The van der Waals surface area contributed by atoms with Crippen LogP contribution in [0.25, 0.3) is 0 Å². The van der Waals surface area contributed by atoms with Gasteiger partial charge in [-0.15, -0.1) is 6.58 Å². The van der Waals surface area contributed by atoms with Crippen molar-refractivity contribution in [2.75, 3.05) is 0 Å². The molecule has 0 aliphatic carbocycles. The van der Waals surface area contributed by atoms with E-state index in [4.69, 9.17) is 0 Å². The van der Waals surface area contributed by atoms with Crippen LogP contribution in [-0.2, 0) is 0 Å². The average molecular weight is 222 g/mol. The number of rotatable bonds is 11. The van der Waals surface area contributed by atoms with E-state index in [-0.39, 0.29) is 0 Å². The van der Waals surface area contributed by atoms with Crippen LogP contribution in [0.2, 0.25) is 0 Å². The van der Waals surface area contributed by atoms with Crippen molar-refractivity contribution in [2.24, 2.45) is 0 Å². The van der Waals surface area contributed by atoms with Gasteiger partial charge in [-0.25, -0.2) is 0 Å². The summed E-state index contributed by atoms with van der Waals surface area (Å²) in [6, 6.07) is 0. The molecule has 0 rings (SSSR count). The van der Waals surface area contributed by atoms with Gasteiger partial charge in [0, 0.05) is 0 Å². The predicted molar refractivity (Wildman–Crippen MR) is 75.8 cm³/mol. The fourth-order valence-corrected chi connectivity index (χ4v) is 1.78. The molecule has 0 atom stereocenters. The van der Waals surface area contributed by atoms with Crippen LogP contribution in [0.4, 0.5) is 0 Å². The average Bonchev–Trinajstić information content (AvgIpc) is 2.25. The van der Waals surface area contributed by atoms with Crippen LogP contribution >= 0.6 is 0 Å². The zero-order valence-electron chi connectivity index (χ0n) is 11.4. The Labute approximate surface area is 103 Å². The molecule has 0 heteroatoms. The topological polar surface area (TPSA) is 0 Å². The minimum Gasteiger partial charge on any atom is -0.100 e. The molecule has 0 nitrogen and oxygen atoms in total. The Balaban J connectivity index is 3.03. The van der Waals surface area contributed by atoms with Gasteiger partial charge >= 0.3 is 0 Å². The van der Waals surface area contributed by atoms with E-state index in [1.807, 2.05) is 0 Å². The predicted octanol–water partition coefficient (Wildman–Crippen LogP) is 6.04. The second-order valence-electron chi connectivity index (χ2n) is 4.88. The summed E-state index contributed by atoms with van der Waals surface area (Å²) in [6.45, 7) is 8.30. The highest BCUT2D eigenvalue weighted by Gasteiger charge is 1.90. The largest absolute Gasteiger partial charge is 0.100 e. The van der Waals surface area contributed by atoms with E-state index in [1.54, 1.807) is 0 Å². The van der Waals surface area contributed by atoms with Crippen molar-refractivity contribution in [1.29, 1.82) is 0 Å². The van der Waals surface area contributed by atoms with E-state index in [1.165, 1.54) is 69.8 Å². The van der Waals surface area contributed by atoms with Crippen molar-refractivity contribution in [2.45, 2.75) is 78.1 Å². The molecule has 0 spiro atoms. The van der Waals surface area contributed by atoms with Gasteiger partial charge in [0.2, 0.25) is 0 Å². The van der Waals surface area contributed by atoms with Gasteiger partial charge < -0.3 is 0 Å². The van der Waals surface area contributed by atoms with Crippen molar-refractivity contribution in [3.63, 3.8) is 0 Å². The molecular formula is C16H30. The first-order valence-corrected chi connectivity index (χ1v) is 7.06. The van der Waals surface area contributed by atoms with Crippen LogP contribution in [0.15, 0.2) is 24.3 Å².